The predicted octanol–water partition coefficient (Wildman–Crippen LogP) is 7.80. The molecule has 0 heterocycles. The number of hydrogen-bond acceptors (Lipinski definition) is 3. The van der Waals surface area contributed by atoms with Crippen molar-refractivity contribution in [2.24, 2.45) is 0 Å². The topological polar surface area (TPSA) is 84.4 Å². The van der Waals surface area contributed by atoms with Crippen molar-refractivity contribution in [3.05, 3.63) is 151 Å². The maximum Gasteiger partial charge on any atom is 0.270 e. The van der Waals surface area contributed by atoms with E-state index in [1.54, 1.807) is 12.1 Å². The molecule has 3 aromatic carbocycles. The summed E-state index contributed by atoms with van der Waals surface area (Å²) in [4.78, 5) is 10.1. The highest BCUT2D eigenvalue weighted by atomic mass is 19.2. The Hall–Kier alpha value is -6.72. The minimum Gasteiger partial charge on any atom is -0.237 e. The van der Waals surface area contributed by atoms with Gasteiger partial charge in [-0.15, -0.1) is 0 Å². The zero-order valence-electron chi connectivity index (χ0n) is 20.8. The van der Waals surface area contributed by atoms with Crippen LogP contribution < -0.4 is 0 Å². The maximum absolute atomic E-state index is 14.3. The van der Waals surface area contributed by atoms with E-state index in [1.165, 1.54) is 24.3 Å². The average molecular weight is 552 g/mol. The minimum absolute atomic E-state index is 0.00580. The van der Waals surface area contributed by atoms with E-state index in [9.17, 15) is 33.3 Å². The molecule has 0 bridgehead atoms. The van der Waals surface area contributed by atoms with E-state index < -0.39 is 34.7 Å². The molecule has 6 nitrogen and oxygen atoms in total. The van der Waals surface area contributed by atoms with Crippen molar-refractivity contribution in [2.45, 2.75) is 0 Å². The van der Waals surface area contributed by atoms with Crippen LogP contribution in [0.25, 0.3) is 48.1 Å². The van der Waals surface area contributed by atoms with E-state index in [4.69, 9.17) is 19.7 Å². The van der Waals surface area contributed by atoms with Gasteiger partial charge in [0.25, 0.3) is 11.4 Å². The average Bonchev–Trinajstić information content (AvgIpc) is 3.48. The number of benzene rings is 3. The van der Waals surface area contributed by atoms with E-state index >= 15 is 0 Å². The molecule has 5 rings (SSSR count). The number of nitriles is 3. The number of rotatable bonds is 2. The van der Waals surface area contributed by atoms with Gasteiger partial charge in [-0.25, -0.2) is 42.6 Å². The number of halogens is 4. The summed E-state index contributed by atoms with van der Waals surface area (Å²) in [6.07, 6.45) is 0. The van der Waals surface area contributed by atoms with Crippen LogP contribution in [-0.2, 0) is 0 Å². The standard InChI is InChI=1S/C32H8F4N6/c1-40-26(13-38)30-18-11-20-19(10-17(18)21(12-37)28(30)15-4-6-22(33)24(35)8-15)31(27(14-39)41-2)29(32(20)42-3)16-5-7-23(34)25(36)9-16/h4-11H/b30-26+,31-27-. The third-order valence-corrected chi connectivity index (χ3v) is 6.76. The Morgan fingerprint density at radius 1 is 0.595 bits per heavy atom. The number of nitrogens with zero attached hydrogens (tertiary/aromatic N) is 6. The largest absolute Gasteiger partial charge is 0.270 e. The number of hydrogen-bond donors (Lipinski definition) is 0. The van der Waals surface area contributed by atoms with Crippen LogP contribution in [0.15, 0.2) is 59.9 Å². The van der Waals surface area contributed by atoms with Gasteiger partial charge in [-0.2, -0.15) is 5.26 Å². The van der Waals surface area contributed by atoms with Gasteiger partial charge in [0.1, 0.15) is 6.07 Å². The molecule has 0 atom stereocenters. The molecule has 10 heteroatoms. The summed E-state index contributed by atoms with van der Waals surface area (Å²) in [5.41, 5.74) is -0.762. The van der Waals surface area contributed by atoms with Crippen LogP contribution in [-0.4, -0.2) is 0 Å². The molecule has 0 radical (unpaired) electrons. The molecule has 0 fully saturated rings. The molecule has 2 aliphatic rings. The second-order valence-corrected chi connectivity index (χ2v) is 8.79. The Balaban J connectivity index is 1.93. The summed E-state index contributed by atoms with van der Waals surface area (Å²) in [6, 6.07) is 14.0. The number of fused-ring (bicyclic) bond motifs is 2. The lowest BCUT2D eigenvalue weighted by molar-refractivity contribution is 0.508. The quantitative estimate of drug-likeness (QED) is 0.185. The molecule has 42 heavy (non-hydrogen) atoms. The zero-order valence-corrected chi connectivity index (χ0v) is 20.8. The van der Waals surface area contributed by atoms with Crippen molar-refractivity contribution < 1.29 is 17.6 Å². The highest BCUT2D eigenvalue weighted by molar-refractivity contribution is 6.29. The van der Waals surface area contributed by atoms with Crippen LogP contribution in [0, 0.1) is 77.0 Å². The molecule has 194 valence electrons. The smallest absolute Gasteiger partial charge is 0.237 e. The van der Waals surface area contributed by atoms with Crippen LogP contribution in [0.3, 0.4) is 0 Å². The summed E-state index contributed by atoms with van der Waals surface area (Å²) in [5.74, 6) is -4.76. The summed E-state index contributed by atoms with van der Waals surface area (Å²) in [7, 11) is 0. The molecule has 0 aromatic heterocycles. The number of allylic oxidation sites excluding steroid dienone is 7. The van der Waals surface area contributed by atoms with Crippen molar-refractivity contribution in [3.63, 3.8) is 0 Å². The summed E-state index contributed by atoms with van der Waals surface area (Å²) >= 11 is 0. The van der Waals surface area contributed by atoms with Gasteiger partial charge >= 0.3 is 0 Å². The van der Waals surface area contributed by atoms with E-state index in [0.29, 0.717) is 0 Å². The summed E-state index contributed by atoms with van der Waals surface area (Å²) in [6.45, 7) is 23.1. The van der Waals surface area contributed by atoms with Gasteiger partial charge < -0.3 is 0 Å². The first-order chi connectivity index (χ1) is 20.2. The van der Waals surface area contributed by atoms with Crippen LogP contribution in [0.5, 0.6) is 0 Å². The highest BCUT2D eigenvalue weighted by Crippen LogP contribution is 2.55. The van der Waals surface area contributed by atoms with E-state index in [1.807, 2.05) is 6.07 Å². The monoisotopic (exact) mass is 552 g/mol. The minimum atomic E-state index is -1.23. The Morgan fingerprint density at radius 2 is 1.07 bits per heavy atom. The molecular formula is C32H8F4N6. The fourth-order valence-electron chi connectivity index (χ4n) is 5.07. The summed E-state index contributed by atoms with van der Waals surface area (Å²) < 4.78 is 56.1. The van der Waals surface area contributed by atoms with Crippen molar-refractivity contribution >= 4 is 33.6 Å². The molecular weight excluding hydrogens is 544 g/mol. The lowest BCUT2D eigenvalue weighted by atomic mass is 9.92. The Labute approximate surface area is 236 Å². The SMILES string of the molecule is [C-]#[N+]C1=C(c2ccc(F)c(F)c2)/C(=C(/C#N)[N+]#[C-])c2cc3c(cc21)/C(=C(/C#N)[N+]#[C-])C(c1ccc(F)c(F)c1)=C3C#N. The maximum atomic E-state index is 14.3. The first kappa shape index (κ1) is 26.9. The third-order valence-electron chi connectivity index (χ3n) is 6.76. The van der Waals surface area contributed by atoms with E-state index in [-0.39, 0.29) is 66.9 Å². The van der Waals surface area contributed by atoms with Crippen molar-refractivity contribution in [2.75, 3.05) is 0 Å². The van der Waals surface area contributed by atoms with E-state index in [2.05, 4.69) is 14.5 Å². The molecule has 0 N–H and O–H groups in total. The first-order valence-corrected chi connectivity index (χ1v) is 11.6. The van der Waals surface area contributed by atoms with Gasteiger partial charge in [-0.3, -0.25) is 0 Å². The van der Waals surface area contributed by atoms with Crippen molar-refractivity contribution in [1.82, 2.24) is 0 Å². The molecule has 0 saturated carbocycles. The normalized spacial score (nSPS) is 15.4. The Bertz CT molecular complexity index is 2000. The van der Waals surface area contributed by atoms with Crippen LogP contribution in [0.2, 0.25) is 0 Å². The molecule has 0 saturated heterocycles. The Kier molecular flexibility index (Phi) is 6.47. The fraction of sp³-hybridized carbons (Fsp3) is 0. The molecule has 0 spiro atoms. The van der Waals surface area contributed by atoms with Gasteiger partial charge in [0.05, 0.1) is 37.4 Å². The fourth-order valence-corrected chi connectivity index (χ4v) is 5.07. The van der Waals surface area contributed by atoms with Crippen LogP contribution >= 0.6 is 0 Å². The van der Waals surface area contributed by atoms with Gasteiger partial charge in [0, 0.05) is 5.57 Å². The highest BCUT2D eigenvalue weighted by Gasteiger charge is 2.37. The van der Waals surface area contributed by atoms with Crippen LogP contribution in [0.1, 0.15) is 33.4 Å². The third kappa shape index (κ3) is 3.82. The van der Waals surface area contributed by atoms with E-state index in [0.717, 1.165) is 24.3 Å². The lowest BCUT2D eigenvalue weighted by Crippen LogP contribution is -1.95. The summed E-state index contributed by atoms with van der Waals surface area (Å²) in [5, 5.41) is 29.8. The predicted molar refractivity (Wildman–Crippen MR) is 143 cm³/mol. The van der Waals surface area contributed by atoms with Gasteiger partial charge in [0.15, 0.2) is 23.3 Å². The second-order valence-electron chi connectivity index (χ2n) is 8.79. The van der Waals surface area contributed by atoms with Crippen molar-refractivity contribution in [1.29, 1.82) is 15.8 Å². The zero-order chi connectivity index (χ0) is 30.3. The molecule has 0 aliphatic heterocycles. The molecule has 0 amide bonds. The van der Waals surface area contributed by atoms with Gasteiger partial charge in [-0.1, -0.05) is 18.2 Å². The first-order valence-electron chi connectivity index (χ1n) is 11.6. The van der Waals surface area contributed by atoms with Crippen molar-refractivity contribution in [3.8, 4) is 18.2 Å². The van der Waals surface area contributed by atoms with Gasteiger partial charge in [-0.05, 0) is 80.4 Å². The molecule has 3 aromatic rings. The second kappa shape index (κ2) is 10.1. The molecule has 0 unspecified atom stereocenters. The van der Waals surface area contributed by atoms with Gasteiger partial charge in [0.2, 0.25) is 5.70 Å². The Morgan fingerprint density at radius 3 is 1.52 bits per heavy atom. The molecule has 2 aliphatic carbocycles. The van der Waals surface area contributed by atoms with Crippen LogP contribution in [0.4, 0.5) is 17.6 Å². The lowest BCUT2D eigenvalue weighted by Gasteiger charge is -2.12.